The second-order valence-electron chi connectivity index (χ2n) is 7.96. The Labute approximate surface area is 156 Å². The van der Waals surface area contributed by atoms with Crippen molar-refractivity contribution in [3.05, 3.63) is 54.1 Å². The molecule has 1 fully saturated rings. The van der Waals surface area contributed by atoms with Crippen LogP contribution in [0, 0.1) is 0 Å². The van der Waals surface area contributed by atoms with Crippen LogP contribution in [0.5, 0.6) is 0 Å². The molecule has 1 aliphatic rings. The topological polar surface area (TPSA) is 38.8 Å². The van der Waals surface area contributed by atoms with Crippen molar-refractivity contribution in [3.8, 4) is 11.1 Å². The summed E-state index contributed by atoms with van der Waals surface area (Å²) in [6.07, 6.45) is 0. The lowest BCUT2D eigenvalue weighted by Crippen LogP contribution is -2.41. The minimum Gasteiger partial charge on any atom is -0.399 e. The zero-order chi connectivity index (χ0) is 19.1. The number of amides is 1. The molecule has 0 unspecified atom stereocenters. The minimum absolute atomic E-state index is 0.0238. The van der Waals surface area contributed by atoms with Gasteiger partial charge in [-0.1, -0.05) is 42.5 Å². The molecule has 1 aliphatic heterocycles. The smallest absolute Gasteiger partial charge is 0.399 e. The average Bonchev–Trinajstić information content (AvgIpc) is 2.82. The number of carbonyl (C=O) groups is 1. The van der Waals surface area contributed by atoms with E-state index >= 15 is 0 Å². The van der Waals surface area contributed by atoms with E-state index in [0.717, 1.165) is 16.6 Å². The van der Waals surface area contributed by atoms with Gasteiger partial charge in [-0.2, -0.15) is 0 Å². The Hall–Kier alpha value is -2.11. The minimum atomic E-state index is -0.453. The summed E-state index contributed by atoms with van der Waals surface area (Å²) in [5.41, 5.74) is 2.66. The van der Waals surface area contributed by atoms with Crippen LogP contribution in [0.4, 0.5) is 0 Å². The maximum atomic E-state index is 12.6. The zero-order valence-corrected chi connectivity index (χ0v) is 16.4. The van der Waals surface area contributed by atoms with Gasteiger partial charge in [0.2, 0.25) is 0 Å². The van der Waals surface area contributed by atoms with Crippen molar-refractivity contribution < 1.29 is 14.1 Å². The summed E-state index contributed by atoms with van der Waals surface area (Å²) in [7, 11) is 3.07. The van der Waals surface area contributed by atoms with Crippen LogP contribution in [0.25, 0.3) is 11.1 Å². The molecule has 5 heteroatoms. The van der Waals surface area contributed by atoms with Crippen molar-refractivity contribution in [1.29, 1.82) is 0 Å². The summed E-state index contributed by atoms with van der Waals surface area (Å²) in [5.74, 6) is -0.0238. The fourth-order valence-electron chi connectivity index (χ4n) is 2.97. The lowest BCUT2D eigenvalue weighted by Gasteiger charge is -2.32. The molecule has 0 radical (unpaired) electrons. The van der Waals surface area contributed by atoms with Gasteiger partial charge >= 0.3 is 7.12 Å². The molecule has 1 saturated heterocycles. The third kappa shape index (κ3) is 3.29. The van der Waals surface area contributed by atoms with E-state index in [1.165, 1.54) is 0 Å². The van der Waals surface area contributed by atoms with E-state index in [9.17, 15) is 4.79 Å². The van der Waals surface area contributed by atoms with Gasteiger partial charge in [0.1, 0.15) is 0 Å². The van der Waals surface area contributed by atoms with Crippen LogP contribution in [0.1, 0.15) is 38.1 Å². The van der Waals surface area contributed by atoms with Crippen molar-refractivity contribution in [2.24, 2.45) is 0 Å². The third-order valence-corrected chi connectivity index (χ3v) is 5.29. The van der Waals surface area contributed by atoms with Crippen molar-refractivity contribution >= 4 is 18.5 Å². The first-order chi connectivity index (χ1) is 12.1. The number of hydrogen-bond donors (Lipinski definition) is 0. The van der Waals surface area contributed by atoms with Crippen LogP contribution in [0.3, 0.4) is 0 Å². The Morgan fingerprint density at radius 2 is 1.50 bits per heavy atom. The van der Waals surface area contributed by atoms with Crippen LogP contribution < -0.4 is 5.46 Å². The molecule has 1 heterocycles. The second-order valence-corrected chi connectivity index (χ2v) is 7.96. The van der Waals surface area contributed by atoms with Crippen LogP contribution in [-0.2, 0) is 9.31 Å². The van der Waals surface area contributed by atoms with Gasteiger partial charge in [0.15, 0.2) is 0 Å². The molecule has 136 valence electrons. The summed E-state index contributed by atoms with van der Waals surface area (Å²) in [6.45, 7) is 8.15. The molecule has 4 nitrogen and oxygen atoms in total. The van der Waals surface area contributed by atoms with E-state index in [1.807, 2.05) is 76.2 Å². The maximum absolute atomic E-state index is 12.6. The predicted molar refractivity (Wildman–Crippen MR) is 106 cm³/mol. The fraction of sp³-hybridized carbons (Fsp3) is 0.381. The summed E-state index contributed by atoms with van der Waals surface area (Å²) in [6, 6.07) is 15.7. The van der Waals surface area contributed by atoms with Crippen molar-refractivity contribution in [1.82, 2.24) is 4.90 Å². The summed E-state index contributed by atoms with van der Waals surface area (Å²) >= 11 is 0. The van der Waals surface area contributed by atoms with Gasteiger partial charge in [-0.3, -0.25) is 4.79 Å². The first kappa shape index (κ1) is 18.7. The van der Waals surface area contributed by atoms with Gasteiger partial charge in [-0.15, -0.1) is 0 Å². The predicted octanol–water partition coefficient (Wildman–Crippen LogP) is 3.35. The Bertz CT molecular complexity index is 799. The number of rotatable bonds is 3. The van der Waals surface area contributed by atoms with E-state index < -0.39 is 18.3 Å². The lowest BCUT2D eigenvalue weighted by atomic mass is 9.77. The van der Waals surface area contributed by atoms with Crippen molar-refractivity contribution in [2.45, 2.75) is 38.9 Å². The summed E-state index contributed by atoms with van der Waals surface area (Å²) in [5, 5.41) is 0. The van der Waals surface area contributed by atoms with Gasteiger partial charge in [0, 0.05) is 19.7 Å². The molecule has 0 aromatic heterocycles. The largest absolute Gasteiger partial charge is 0.494 e. The molecular formula is C21H26BNO3. The molecule has 3 rings (SSSR count). The van der Waals surface area contributed by atoms with Crippen molar-refractivity contribution in [3.63, 3.8) is 0 Å². The quantitative estimate of drug-likeness (QED) is 0.796. The number of nitrogens with zero attached hydrogens (tertiary/aromatic N) is 1. The number of benzene rings is 2. The third-order valence-electron chi connectivity index (χ3n) is 5.29. The van der Waals surface area contributed by atoms with Gasteiger partial charge in [-0.25, -0.2) is 0 Å². The van der Waals surface area contributed by atoms with Gasteiger partial charge in [-0.05, 0) is 50.4 Å². The molecule has 26 heavy (non-hydrogen) atoms. The highest BCUT2D eigenvalue weighted by molar-refractivity contribution is 6.62. The van der Waals surface area contributed by atoms with Gasteiger partial charge in [0.05, 0.1) is 11.2 Å². The van der Waals surface area contributed by atoms with E-state index in [4.69, 9.17) is 9.31 Å². The SMILES string of the molecule is CN(C)C(=O)c1ccc(B2OC(C)(C)C(C)(C)O2)cc1-c1ccccc1. The molecule has 2 aromatic rings. The Morgan fingerprint density at radius 3 is 2.04 bits per heavy atom. The highest BCUT2D eigenvalue weighted by Crippen LogP contribution is 2.37. The van der Waals surface area contributed by atoms with Gasteiger partial charge in [0.25, 0.3) is 5.91 Å². The average molecular weight is 351 g/mol. The monoisotopic (exact) mass is 351 g/mol. The molecule has 0 bridgehead atoms. The molecule has 1 amide bonds. The molecular weight excluding hydrogens is 325 g/mol. The molecule has 0 spiro atoms. The van der Waals surface area contributed by atoms with Crippen LogP contribution >= 0.6 is 0 Å². The number of carbonyl (C=O) groups excluding carboxylic acids is 1. The first-order valence-corrected chi connectivity index (χ1v) is 8.89. The van der Waals surface area contributed by atoms with E-state index in [-0.39, 0.29) is 5.91 Å². The van der Waals surface area contributed by atoms with Gasteiger partial charge < -0.3 is 14.2 Å². The zero-order valence-electron chi connectivity index (χ0n) is 16.4. The van der Waals surface area contributed by atoms with Crippen LogP contribution in [0.15, 0.2) is 48.5 Å². The molecule has 0 saturated carbocycles. The highest BCUT2D eigenvalue weighted by atomic mass is 16.7. The first-order valence-electron chi connectivity index (χ1n) is 8.89. The highest BCUT2D eigenvalue weighted by Gasteiger charge is 2.51. The van der Waals surface area contributed by atoms with E-state index in [1.54, 1.807) is 19.0 Å². The fourth-order valence-corrected chi connectivity index (χ4v) is 2.97. The summed E-state index contributed by atoms with van der Waals surface area (Å²) in [4.78, 5) is 14.2. The Morgan fingerprint density at radius 1 is 0.923 bits per heavy atom. The Kier molecular flexibility index (Phi) is 4.71. The molecule has 0 aliphatic carbocycles. The maximum Gasteiger partial charge on any atom is 0.494 e. The van der Waals surface area contributed by atoms with Crippen LogP contribution in [0.2, 0.25) is 0 Å². The normalized spacial score (nSPS) is 18.0. The van der Waals surface area contributed by atoms with E-state index in [0.29, 0.717) is 5.56 Å². The van der Waals surface area contributed by atoms with Crippen molar-refractivity contribution in [2.75, 3.05) is 14.1 Å². The molecule has 0 N–H and O–H groups in total. The van der Waals surface area contributed by atoms with Crippen LogP contribution in [-0.4, -0.2) is 43.2 Å². The Balaban J connectivity index is 2.07. The lowest BCUT2D eigenvalue weighted by molar-refractivity contribution is 0.00578. The standard InChI is InChI=1S/C21H26BNO3/c1-20(2)21(3,4)26-22(25-20)16-12-13-17(19(24)23(5)6)18(14-16)15-10-8-7-9-11-15/h7-14H,1-6H3. The summed E-state index contributed by atoms with van der Waals surface area (Å²) < 4.78 is 12.3. The van der Waals surface area contributed by atoms with E-state index in [2.05, 4.69) is 0 Å². The second kappa shape index (κ2) is 6.56. The number of hydrogen-bond acceptors (Lipinski definition) is 3. The molecule has 0 atom stereocenters. The molecule has 2 aromatic carbocycles.